The summed E-state index contributed by atoms with van der Waals surface area (Å²) in [6, 6.07) is 4.03. The Morgan fingerprint density at radius 1 is 1.14 bits per heavy atom. The number of aromatic nitrogens is 4. The number of nitrogens with zero attached hydrogens (tertiary/aromatic N) is 4. The normalized spacial score (nSPS) is 15.4. The number of piperidine rings is 1. The van der Waals surface area contributed by atoms with Crippen molar-refractivity contribution in [3.05, 3.63) is 23.7 Å². The van der Waals surface area contributed by atoms with Gasteiger partial charge in [0.25, 0.3) is 0 Å². The average molecular weight is 387 g/mol. The third-order valence-electron chi connectivity index (χ3n) is 4.30. The molecular formula is C19H29N7O2. The van der Waals surface area contributed by atoms with Crippen LogP contribution in [0.1, 0.15) is 45.1 Å². The number of rotatable bonds is 4. The van der Waals surface area contributed by atoms with Crippen LogP contribution in [0, 0.1) is 13.8 Å². The molecule has 1 aliphatic rings. The zero-order chi connectivity index (χ0) is 20.3. The summed E-state index contributed by atoms with van der Waals surface area (Å²) in [5.41, 5.74) is 0.504. The molecule has 9 heteroatoms. The van der Waals surface area contributed by atoms with Crippen molar-refractivity contribution in [2.75, 3.05) is 23.7 Å². The van der Waals surface area contributed by atoms with Gasteiger partial charge >= 0.3 is 6.09 Å². The molecule has 0 unspecified atom stereocenters. The van der Waals surface area contributed by atoms with Crippen LogP contribution in [0.4, 0.5) is 22.2 Å². The lowest BCUT2D eigenvalue weighted by Gasteiger charge is -2.33. The first-order chi connectivity index (χ1) is 13.2. The fraction of sp³-hybridized carbons (Fsp3) is 0.579. The van der Waals surface area contributed by atoms with Crippen LogP contribution < -0.4 is 10.6 Å². The Labute approximate surface area is 165 Å². The summed E-state index contributed by atoms with van der Waals surface area (Å²) in [4.78, 5) is 22.9. The van der Waals surface area contributed by atoms with E-state index >= 15 is 0 Å². The monoisotopic (exact) mass is 387 g/mol. The Kier molecular flexibility index (Phi) is 5.71. The molecule has 0 aliphatic carbocycles. The molecule has 3 N–H and O–H groups in total. The van der Waals surface area contributed by atoms with Gasteiger partial charge in [-0.25, -0.2) is 14.8 Å². The minimum Gasteiger partial charge on any atom is -0.444 e. The zero-order valence-electron chi connectivity index (χ0n) is 17.2. The second-order valence-corrected chi connectivity index (χ2v) is 8.13. The molecule has 1 aliphatic heterocycles. The van der Waals surface area contributed by atoms with Gasteiger partial charge in [-0.3, -0.25) is 5.10 Å². The Morgan fingerprint density at radius 3 is 2.43 bits per heavy atom. The van der Waals surface area contributed by atoms with Crippen molar-refractivity contribution in [1.82, 2.24) is 25.1 Å². The summed E-state index contributed by atoms with van der Waals surface area (Å²) in [7, 11) is 0. The van der Waals surface area contributed by atoms with E-state index in [2.05, 4.69) is 30.8 Å². The van der Waals surface area contributed by atoms with Crippen LogP contribution in [0.5, 0.6) is 0 Å². The number of hydrogen-bond acceptors (Lipinski definition) is 7. The molecule has 1 fully saturated rings. The number of ether oxygens (including phenoxy) is 1. The third kappa shape index (κ3) is 5.58. The molecule has 28 heavy (non-hydrogen) atoms. The summed E-state index contributed by atoms with van der Waals surface area (Å²) in [5, 5.41) is 13.7. The van der Waals surface area contributed by atoms with Crippen molar-refractivity contribution >= 4 is 23.5 Å². The largest absolute Gasteiger partial charge is 0.444 e. The predicted octanol–water partition coefficient (Wildman–Crippen LogP) is 3.37. The molecule has 2 aromatic rings. The molecule has 0 atom stereocenters. The van der Waals surface area contributed by atoms with Gasteiger partial charge in [0.2, 0.25) is 0 Å². The van der Waals surface area contributed by atoms with Crippen LogP contribution in [0.3, 0.4) is 0 Å². The van der Waals surface area contributed by atoms with Crippen molar-refractivity contribution in [3.8, 4) is 0 Å². The quantitative estimate of drug-likeness (QED) is 0.738. The lowest BCUT2D eigenvalue weighted by Crippen LogP contribution is -2.44. The average Bonchev–Trinajstić information content (AvgIpc) is 2.98. The van der Waals surface area contributed by atoms with E-state index in [4.69, 9.17) is 4.74 Å². The molecule has 0 bridgehead atoms. The number of carbonyl (C=O) groups is 1. The van der Waals surface area contributed by atoms with Crippen molar-refractivity contribution < 1.29 is 9.53 Å². The maximum Gasteiger partial charge on any atom is 0.410 e. The van der Waals surface area contributed by atoms with E-state index in [0.717, 1.165) is 24.4 Å². The maximum absolute atomic E-state index is 12.2. The number of amides is 1. The van der Waals surface area contributed by atoms with Crippen LogP contribution in [0.25, 0.3) is 0 Å². The molecule has 152 valence electrons. The number of aryl methyl sites for hydroxylation is 2. The van der Waals surface area contributed by atoms with Crippen molar-refractivity contribution in [1.29, 1.82) is 0 Å². The van der Waals surface area contributed by atoms with E-state index in [1.807, 2.05) is 46.8 Å². The minimum atomic E-state index is -0.471. The molecular weight excluding hydrogens is 358 g/mol. The third-order valence-corrected chi connectivity index (χ3v) is 4.30. The van der Waals surface area contributed by atoms with Crippen molar-refractivity contribution in [3.63, 3.8) is 0 Å². The highest BCUT2D eigenvalue weighted by atomic mass is 16.6. The Bertz CT molecular complexity index is 820. The van der Waals surface area contributed by atoms with Gasteiger partial charge in [-0.2, -0.15) is 5.10 Å². The van der Waals surface area contributed by atoms with Crippen LogP contribution in [-0.2, 0) is 4.74 Å². The van der Waals surface area contributed by atoms with E-state index in [0.29, 0.717) is 30.5 Å². The topological polar surface area (TPSA) is 108 Å². The van der Waals surface area contributed by atoms with Gasteiger partial charge in [0.05, 0.1) is 0 Å². The number of H-pyrrole nitrogens is 1. The minimum absolute atomic E-state index is 0.244. The highest BCUT2D eigenvalue weighted by Gasteiger charge is 2.27. The number of carbonyl (C=O) groups excluding carboxylic acids is 1. The number of hydrogen-bond donors (Lipinski definition) is 3. The predicted molar refractivity (Wildman–Crippen MR) is 108 cm³/mol. The summed E-state index contributed by atoms with van der Waals surface area (Å²) in [5.74, 6) is 2.84. The van der Waals surface area contributed by atoms with Gasteiger partial charge in [-0.05, 0) is 47.5 Å². The van der Waals surface area contributed by atoms with Gasteiger partial charge < -0.3 is 20.3 Å². The standard InChI is InChI=1S/C19H29N7O2/c1-12-10-17(25-24-12)23-16-11-15(20-13(2)21-16)22-14-6-8-26(9-7-14)18(27)28-19(3,4)5/h10-11,14H,6-9H2,1-5H3,(H3,20,21,22,23,24,25). The van der Waals surface area contributed by atoms with Crippen LogP contribution in [0.2, 0.25) is 0 Å². The Morgan fingerprint density at radius 2 is 1.82 bits per heavy atom. The first-order valence-electron chi connectivity index (χ1n) is 9.57. The van der Waals surface area contributed by atoms with Crippen LogP contribution >= 0.6 is 0 Å². The summed E-state index contributed by atoms with van der Waals surface area (Å²) in [6.07, 6.45) is 1.43. The molecule has 9 nitrogen and oxygen atoms in total. The summed E-state index contributed by atoms with van der Waals surface area (Å²) >= 11 is 0. The van der Waals surface area contributed by atoms with Gasteiger partial charge in [0.15, 0.2) is 5.82 Å². The van der Waals surface area contributed by atoms with E-state index in [1.54, 1.807) is 4.90 Å². The second kappa shape index (κ2) is 8.04. The lowest BCUT2D eigenvalue weighted by molar-refractivity contribution is 0.0210. The van der Waals surface area contributed by atoms with Crippen LogP contribution in [0.15, 0.2) is 12.1 Å². The van der Waals surface area contributed by atoms with Gasteiger partial charge in [-0.15, -0.1) is 0 Å². The van der Waals surface area contributed by atoms with E-state index < -0.39 is 5.60 Å². The van der Waals surface area contributed by atoms with Crippen LogP contribution in [-0.4, -0.2) is 55.9 Å². The second-order valence-electron chi connectivity index (χ2n) is 8.13. The number of nitrogens with one attached hydrogen (secondary N) is 3. The molecule has 0 saturated carbocycles. The summed E-state index contributed by atoms with van der Waals surface area (Å²) in [6.45, 7) is 10.8. The van der Waals surface area contributed by atoms with E-state index in [1.165, 1.54) is 0 Å². The Hall–Kier alpha value is -2.84. The van der Waals surface area contributed by atoms with Crippen molar-refractivity contribution in [2.45, 2.75) is 59.1 Å². The lowest BCUT2D eigenvalue weighted by atomic mass is 10.1. The molecule has 0 spiro atoms. The molecule has 1 amide bonds. The molecule has 2 aromatic heterocycles. The SMILES string of the molecule is Cc1nc(Nc2cc(C)[nH]n2)cc(NC2CCN(C(=O)OC(C)(C)C)CC2)n1. The maximum atomic E-state index is 12.2. The number of likely N-dealkylation sites (tertiary alicyclic amines) is 1. The van der Waals surface area contributed by atoms with E-state index in [9.17, 15) is 4.79 Å². The van der Waals surface area contributed by atoms with Gasteiger partial charge in [0, 0.05) is 37.0 Å². The first-order valence-corrected chi connectivity index (χ1v) is 9.57. The molecule has 0 radical (unpaired) electrons. The number of anilines is 3. The first kappa shape index (κ1) is 19.9. The molecule has 3 rings (SSSR count). The highest BCUT2D eigenvalue weighted by Crippen LogP contribution is 2.21. The smallest absolute Gasteiger partial charge is 0.410 e. The van der Waals surface area contributed by atoms with Gasteiger partial charge in [0.1, 0.15) is 23.1 Å². The highest BCUT2D eigenvalue weighted by molar-refractivity contribution is 5.68. The fourth-order valence-electron chi connectivity index (χ4n) is 3.06. The molecule has 3 heterocycles. The van der Waals surface area contributed by atoms with Gasteiger partial charge in [-0.1, -0.05) is 0 Å². The fourth-order valence-corrected chi connectivity index (χ4v) is 3.06. The molecule has 0 aromatic carbocycles. The van der Waals surface area contributed by atoms with E-state index in [-0.39, 0.29) is 12.1 Å². The number of aromatic amines is 1. The molecule has 1 saturated heterocycles. The summed E-state index contributed by atoms with van der Waals surface area (Å²) < 4.78 is 5.45. The zero-order valence-corrected chi connectivity index (χ0v) is 17.2. The Balaban J connectivity index is 1.57. The van der Waals surface area contributed by atoms with Crippen molar-refractivity contribution in [2.24, 2.45) is 0 Å².